The predicted molar refractivity (Wildman–Crippen MR) is 175 cm³/mol. The molecule has 5 atom stereocenters. The number of carbonyl (C=O) groups excluding carboxylic acids is 3. The standard InChI is InChI=1S/C36H44N4O5/c1-4-35-20-12-23-38(27-14-8-7-9-15-27)32(42)29(35)30-33(43)40(22-10-11-25-41)31-34(44)39(24-13-21-36(30,31)45-35)28-18-16-26(17-19-28)37(5-2)6-3/h7-9,12-21,29-31,41H,4-6,10-11,22-25H2,1-3H3/t29-,30-,31?,35+,36-/m0/s1. The Bertz CT molecular complexity index is 1470. The molecule has 1 spiro atoms. The zero-order valence-electron chi connectivity index (χ0n) is 26.5. The Labute approximate surface area is 265 Å². The molecule has 6 rings (SSSR count). The first-order valence-corrected chi connectivity index (χ1v) is 16.4. The van der Waals surface area contributed by atoms with Crippen molar-refractivity contribution in [3.05, 3.63) is 78.9 Å². The molecule has 4 heterocycles. The molecule has 3 amide bonds. The van der Waals surface area contributed by atoms with Crippen LogP contribution in [-0.4, -0.2) is 84.3 Å². The van der Waals surface area contributed by atoms with E-state index < -0.39 is 29.1 Å². The van der Waals surface area contributed by atoms with Crippen molar-refractivity contribution in [3.63, 3.8) is 0 Å². The van der Waals surface area contributed by atoms with Gasteiger partial charge in [0.2, 0.25) is 11.8 Å². The molecule has 0 bridgehead atoms. The van der Waals surface area contributed by atoms with Crippen LogP contribution >= 0.6 is 0 Å². The first-order chi connectivity index (χ1) is 21.9. The number of anilines is 3. The Hall–Kier alpha value is -3.95. The molecule has 9 nitrogen and oxygen atoms in total. The molecule has 0 saturated carbocycles. The van der Waals surface area contributed by atoms with Crippen molar-refractivity contribution in [3.8, 4) is 0 Å². The minimum absolute atomic E-state index is 0.00643. The van der Waals surface area contributed by atoms with Gasteiger partial charge in [-0.2, -0.15) is 0 Å². The summed E-state index contributed by atoms with van der Waals surface area (Å²) in [6.07, 6.45) is 9.24. The highest BCUT2D eigenvalue weighted by atomic mass is 16.5. The monoisotopic (exact) mass is 612 g/mol. The first-order valence-electron chi connectivity index (χ1n) is 16.4. The number of benzene rings is 2. The highest BCUT2D eigenvalue weighted by Gasteiger charge is 2.75. The topological polar surface area (TPSA) is 93.6 Å². The van der Waals surface area contributed by atoms with E-state index in [2.05, 4.69) is 18.7 Å². The van der Waals surface area contributed by atoms with Crippen LogP contribution in [0.3, 0.4) is 0 Å². The number of unbranched alkanes of at least 4 members (excludes halogenated alkanes) is 1. The van der Waals surface area contributed by atoms with Gasteiger partial charge in [0, 0.05) is 56.4 Å². The van der Waals surface area contributed by atoms with Gasteiger partial charge in [0.15, 0.2) is 0 Å². The summed E-state index contributed by atoms with van der Waals surface area (Å²) in [6.45, 7) is 8.94. The molecule has 2 aromatic rings. The third-order valence-corrected chi connectivity index (χ3v) is 10.1. The van der Waals surface area contributed by atoms with Gasteiger partial charge in [-0.25, -0.2) is 0 Å². The Balaban J connectivity index is 1.43. The van der Waals surface area contributed by atoms with Crippen LogP contribution in [0.25, 0.3) is 0 Å². The normalized spacial score (nSPS) is 29.0. The summed E-state index contributed by atoms with van der Waals surface area (Å²) in [5.74, 6) is -2.32. The Morgan fingerprint density at radius 2 is 1.44 bits per heavy atom. The lowest BCUT2D eigenvalue weighted by Gasteiger charge is -2.38. The summed E-state index contributed by atoms with van der Waals surface area (Å²) in [6, 6.07) is 16.5. The van der Waals surface area contributed by atoms with Crippen molar-refractivity contribution in [2.45, 2.75) is 57.3 Å². The highest BCUT2D eigenvalue weighted by Crippen LogP contribution is 2.58. The SMILES string of the molecule is CCN(CC)c1ccc(N2CC=C[C@]34O[C@]5(CC)C=CCN(c6ccccc6)C(=O)[C@@H]5[C@H]3C(=O)N(CCCCO)C4C2=O)cc1. The molecule has 2 fully saturated rings. The first kappa shape index (κ1) is 31.0. The molecule has 0 aromatic heterocycles. The van der Waals surface area contributed by atoms with Gasteiger partial charge in [-0.3, -0.25) is 14.4 Å². The molecule has 1 N–H and O–H groups in total. The van der Waals surface area contributed by atoms with Gasteiger partial charge in [-0.05, 0) is 69.5 Å². The van der Waals surface area contributed by atoms with Gasteiger partial charge in [0.25, 0.3) is 5.91 Å². The maximum atomic E-state index is 14.8. The molecule has 0 radical (unpaired) electrons. The average molecular weight is 613 g/mol. The molecule has 4 aliphatic rings. The number of carbonyl (C=O) groups is 3. The Morgan fingerprint density at radius 1 is 0.800 bits per heavy atom. The molecule has 1 unspecified atom stereocenters. The van der Waals surface area contributed by atoms with E-state index in [0.29, 0.717) is 32.4 Å². The maximum Gasteiger partial charge on any atom is 0.253 e. The van der Waals surface area contributed by atoms with E-state index in [1.54, 1.807) is 14.7 Å². The molecular formula is C36H44N4O5. The predicted octanol–water partition coefficient (Wildman–Crippen LogP) is 4.17. The number of fused-ring (bicyclic) bond motifs is 2. The van der Waals surface area contributed by atoms with Gasteiger partial charge in [0.05, 0.1) is 17.4 Å². The number of likely N-dealkylation sites (tertiary alicyclic amines) is 1. The summed E-state index contributed by atoms with van der Waals surface area (Å²) >= 11 is 0. The lowest BCUT2D eigenvalue weighted by Crippen LogP contribution is -2.56. The number of amides is 3. The zero-order chi connectivity index (χ0) is 31.8. The van der Waals surface area contributed by atoms with Crippen LogP contribution in [0, 0.1) is 11.8 Å². The fourth-order valence-corrected chi connectivity index (χ4v) is 7.90. The third kappa shape index (κ3) is 4.97. The molecule has 4 aliphatic heterocycles. The van der Waals surface area contributed by atoms with Crippen LogP contribution in [0.5, 0.6) is 0 Å². The Morgan fingerprint density at radius 3 is 2.09 bits per heavy atom. The van der Waals surface area contributed by atoms with E-state index in [-0.39, 0.29) is 30.9 Å². The van der Waals surface area contributed by atoms with Gasteiger partial charge < -0.3 is 29.4 Å². The van der Waals surface area contributed by atoms with E-state index in [1.807, 2.05) is 85.8 Å². The molecule has 238 valence electrons. The van der Waals surface area contributed by atoms with Crippen molar-refractivity contribution in [1.29, 1.82) is 0 Å². The summed E-state index contributed by atoms with van der Waals surface area (Å²) in [5.41, 5.74) is 0.226. The number of para-hydroxylation sites is 1. The largest absolute Gasteiger partial charge is 0.396 e. The van der Waals surface area contributed by atoms with E-state index in [0.717, 1.165) is 30.2 Å². The van der Waals surface area contributed by atoms with Crippen molar-refractivity contribution in [2.24, 2.45) is 11.8 Å². The second-order valence-electron chi connectivity index (χ2n) is 12.3. The van der Waals surface area contributed by atoms with Crippen LogP contribution in [-0.2, 0) is 19.1 Å². The van der Waals surface area contributed by atoms with E-state index >= 15 is 0 Å². The maximum absolute atomic E-state index is 14.8. The van der Waals surface area contributed by atoms with E-state index in [1.165, 1.54) is 0 Å². The summed E-state index contributed by atoms with van der Waals surface area (Å²) in [5, 5.41) is 9.53. The zero-order valence-corrected chi connectivity index (χ0v) is 26.5. The summed E-state index contributed by atoms with van der Waals surface area (Å²) in [7, 11) is 0. The van der Waals surface area contributed by atoms with Gasteiger partial charge in [-0.15, -0.1) is 0 Å². The second-order valence-corrected chi connectivity index (χ2v) is 12.3. The number of nitrogens with zero attached hydrogens (tertiary/aromatic N) is 4. The van der Waals surface area contributed by atoms with Crippen LogP contribution in [0.4, 0.5) is 17.1 Å². The van der Waals surface area contributed by atoms with Crippen LogP contribution in [0.1, 0.15) is 40.0 Å². The smallest absolute Gasteiger partial charge is 0.253 e. The number of aliphatic hydroxyl groups is 1. The third-order valence-electron chi connectivity index (χ3n) is 10.1. The molecule has 45 heavy (non-hydrogen) atoms. The number of hydrogen-bond acceptors (Lipinski definition) is 6. The lowest BCUT2D eigenvalue weighted by molar-refractivity contribution is -0.145. The minimum atomic E-state index is -1.32. The van der Waals surface area contributed by atoms with Gasteiger partial charge >= 0.3 is 0 Å². The van der Waals surface area contributed by atoms with Crippen LogP contribution < -0.4 is 14.7 Å². The number of rotatable bonds is 10. The number of hydrogen-bond donors (Lipinski definition) is 1. The number of ether oxygens (including phenoxy) is 1. The van der Waals surface area contributed by atoms with Crippen molar-refractivity contribution >= 4 is 34.8 Å². The summed E-state index contributed by atoms with van der Waals surface area (Å²) < 4.78 is 7.09. The van der Waals surface area contributed by atoms with E-state index in [4.69, 9.17) is 4.74 Å². The average Bonchev–Trinajstić information content (AvgIpc) is 3.34. The van der Waals surface area contributed by atoms with Crippen LogP contribution in [0.2, 0.25) is 0 Å². The van der Waals surface area contributed by atoms with Crippen molar-refractivity contribution < 1.29 is 24.2 Å². The van der Waals surface area contributed by atoms with Gasteiger partial charge in [-0.1, -0.05) is 49.4 Å². The highest BCUT2D eigenvalue weighted by molar-refractivity contribution is 6.07. The van der Waals surface area contributed by atoms with Crippen molar-refractivity contribution in [2.75, 3.05) is 54.0 Å². The molecule has 2 saturated heterocycles. The molecule has 2 aromatic carbocycles. The lowest BCUT2D eigenvalue weighted by atomic mass is 9.73. The van der Waals surface area contributed by atoms with Gasteiger partial charge in [0.1, 0.15) is 11.6 Å². The number of aliphatic hydroxyl groups excluding tert-OH is 1. The quantitative estimate of drug-likeness (QED) is 0.320. The Kier molecular flexibility index (Phi) is 8.59. The van der Waals surface area contributed by atoms with Crippen molar-refractivity contribution in [1.82, 2.24) is 4.90 Å². The fraction of sp³-hybridized carbons (Fsp3) is 0.472. The fourth-order valence-electron chi connectivity index (χ4n) is 7.90. The van der Waals surface area contributed by atoms with E-state index in [9.17, 15) is 19.5 Å². The molecule has 0 aliphatic carbocycles. The summed E-state index contributed by atoms with van der Waals surface area (Å²) in [4.78, 5) is 51.3. The molecule has 9 heteroatoms. The molecular weight excluding hydrogens is 568 g/mol. The van der Waals surface area contributed by atoms with Crippen LogP contribution in [0.15, 0.2) is 78.9 Å². The second kappa shape index (κ2) is 12.4. The minimum Gasteiger partial charge on any atom is -0.396 e.